The summed E-state index contributed by atoms with van der Waals surface area (Å²) >= 11 is 0. The molecule has 2 aromatic rings. The molecule has 2 heterocycles. The molecule has 22 heavy (non-hydrogen) atoms. The van der Waals surface area contributed by atoms with Crippen LogP contribution in [-0.4, -0.2) is 30.4 Å². The quantitative estimate of drug-likeness (QED) is 0.944. The van der Waals surface area contributed by atoms with Gasteiger partial charge < -0.3 is 9.73 Å². The Labute approximate surface area is 128 Å². The second-order valence-electron chi connectivity index (χ2n) is 5.16. The lowest BCUT2D eigenvalue weighted by Crippen LogP contribution is -2.49. The first-order valence-electron chi connectivity index (χ1n) is 7.21. The van der Waals surface area contributed by atoms with Crippen molar-refractivity contribution in [3.05, 3.63) is 65.9 Å². The van der Waals surface area contributed by atoms with Crippen LogP contribution in [0.1, 0.15) is 17.4 Å². The van der Waals surface area contributed by atoms with E-state index in [9.17, 15) is 9.18 Å². The lowest BCUT2D eigenvalue weighted by atomic mass is 10.0. The highest BCUT2D eigenvalue weighted by atomic mass is 19.1. The smallest absolute Gasteiger partial charge is 0.242 e. The van der Waals surface area contributed by atoms with Gasteiger partial charge in [-0.25, -0.2) is 4.39 Å². The molecule has 1 unspecified atom stereocenters. The normalized spacial score (nSPS) is 19.5. The topological polar surface area (TPSA) is 45.5 Å². The van der Waals surface area contributed by atoms with Gasteiger partial charge in [0, 0.05) is 19.6 Å². The molecular formula is C17H17FN2O2. The molecule has 0 aliphatic carbocycles. The summed E-state index contributed by atoms with van der Waals surface area (Å²) in [6.45, 7) is 1.98. The fourth-order valence-electron chi connectivity index (χ4n) is 2.61. The van der Waals surface area contributed by atoms with Crippen molar-refractivity contribution in [2.75, 3.05) is 19.6 Å². The van der Waals surface area contributed by atoms with Crippen LogP contribution >= 0.6 is 0 Å². The van der Waals surface area contributed by atoms with E-state index in [-0.39, 0.29) is 11.7 Å². The number of carbonyl (C=O) groups excluding carboxylic acids is 1. The maximum Gasteiger partial charge on any atom is 0.242 e. The number of rotatable bonds is 4. The second-order valence-corrected chi connectivity index (χ2v) is 5.16. The molecule has 1 N–H and O–H groups in total. The number of nitrogens with zero attached hydrogens (tertiary/aromatic N) is 1. The molecule has 114 valence electrons. The van der Waals surface area contributed by atoms with Gasteiger partial charge in [0.05, 0.1) is 6.26 Å². The van der Waals surface area contributed by atoms with Crippen LogP contribution < -0.4 is 5.32 Å². The first-order valence-corrected chi connectivity index (χ1v) is 7.21. The van der Waals surface area contributed by atoms with Crippen LogP contribution in [0.4, 0.5) is 4.39 Å². The number of hydrogen-bond acceptors (Lipinski definition) is 3. The molecule has 0 radical (unpaired) electrons. The Bertz CT molecular complexity index is 650. The minimum atomic E-state index is -0.393. The van der Waals surface area contributed by atoms with Gasteiger partial charge >= 0.3 is 0 Å². The van der Waals surface area contributed by atoms with Gasteiger partial charge in [-0.3, -0.25) is 9.69 Å². The molecule has 1 aliphatic rings. The Morgan fingerprint density at radius 3 is 2.86 bits per heavy atom. The number of piperazine rings is 1. The molecule has 1 aromatic carbocycles. The van der Waals surface area contributed by atoms with Gasteiger partial charge in [-0.05, 0) is 35.9 Å². The number of amides is 1. The predicted octanol–water partition coefficient (Wildman–Crippen LogP) is 2.61. The zero-order chi connectivity index (χ0) is 15.4. The van der Waals surface area contributed by atoms with E-state index in [2.05, 4.69) is 10.2 Å². The van der Waals surface area contributed by atoms with Crippen molar-refractivity contribution in [1.82, 2.24) is 10.2 Å². The van der Waals surface area contributed by atoms with Crippen molar-refractivity contribution in [2.24, 2.45) is 0 Å². The van der Waals surface area contributed by atoms with E-state index in [4.69, 9.17) is 4.42 Å². The van der Waals surface area contributed by atoms with E-state index in [1.165, 1.54) is 12.1 Å². The molecule has 1 aromatic heterocycles. The molecule has 1 aliphatic heterocycles. The predicted molar refractivity (Wildman–Crippen MR) is 81.5 cm³/mol. The molecule has 1 amide bonds. The van der Waals surface area contributed by atoms with Gasteiger partial charge in [-0.1, -0.05) is 18.2 Å². The third-order valence-corrected chi connectivity index (χ3v) is 3.66. The van der Waals surface area contributed by atoms with Crippen molar-refractivity contribution in [3.63, 3.8) is 0 Å². The van der Waals surface area contributed by atoms with E-state index < -0.39 is 6.04 Å². The monoisotopic (exact) mass is 300 g/mol. The highest BCUT2D eigenvalue weighted by molar-refractivity contribution is 5.83. The molecule has 0 spiro atoms. The number of hydrogen-bond donors (Lipinski definition) is 1. The lowest BCUT2D eigenvalue weighted by Gasteiger charge is -2.34. The molecule has 1 atom stereocenters. The molecule has 0 bridgehead atoms. The average molecular weight is 300 g/mol. The number of benzene rings is 1. The fraction of sp³-hybridized carbons (Fsp3) is 0.235. The van der Waals surface area contributed by atoms with Crippen LogP contribution in [-0.2, 0) is 4.79 Å². The maximum absolute atomic E-state index is 13.1. The minimum absolute atomic E-state index is 0.0516. The number of carbonyl (C=O) groups is 1. The summed E-state index contributed by atoms with van der Waals surface area (Å²) in [7, 11) is 0. The van der Waals surface area contributed by atoms with Crippen LogP contribution in [0.3, 0.4) is 0 Å². The van der Waals surface area contributed by atoms with Crippen LogP contribution in [0, 0.1) is 5.82 Å². The number of furan rings is 1. The molecule has 5 heteroatoms. The largest absolute Gasteiger partial charge is 0.465 e. The van der Waals surface area contributed by atoms with E-state index in [1.807, 2.05) is 24.3 Å². The van der Waals surface area contributed by atoms with Crippen molar-refractivity contribution in [1.29, 1.82) is 0 Å². The zero-order valence-electron chi connectivity index (χ0n) is 12.0. The standard InChI is InChI=1S/C17H17FN2O2/c18-14-7-5-13(6-8-14)16-17(21)19-9-11-20(16)10-1-3-15-4-2-12-22-15/h1-8,12,16H,9-11H2,(H,19,21)/b3-1+. The molecule has 0 saturated carbocycles. The first-order chi connectivity index (χ1) is 10.7. The van der Waals surface area contributed by atoms with Gasteiger partial charge in [0.2, 0.25) is 5.91 Å². The third kappa shape index (κ3) is 3.26. The Balaban J connectivity index is 1.75. The van der Waals surface area contributed by atoms with E-state index in [0.717, 1.165) is 17.9 Å². The Morgan fingerprint density at radius 1 is 1.32 bits per heavy atom. The van der Waals surface area contributed by atoms with Crippen molar-refractivity contribution in [2.45, 2.75) is 6.04 Å². The van der Waals surface area contributed by atoms with Crippen molar-refractivity contribution in [3.8, 4) is 0 Å². The van der Waals surface area contributed by atoms with Gasteiger partial charge in [-0.2, -0.15) is 0 Å². The van der Waals surface area contributed by atoms with Gasteiger partial charge in [0.15, 0.2) is 0 Å². The maximum atomic E-state index is 13.1. The molecule has 3 rings (SSSR count). The van der Waals surface area contributed by atoms with Gasteiger partial charge in [0.25, 0.3) is 0 Å². The number of nitrogens with one attached hydrogen (secondary N) is 1. The summed E-state index contributed by atoms with van der Waals surface area (Å²) in [6.07, 6.45) is 5.47. The lowest BCUT2D eigenvalue weighted by molar-refractivity contribution is -0.128. The third-order valence-electron chi connectivity index (χ3n) is 3.66. The molecular weight excluding hydrogens is 283 g/mol. The summed E-state index contributed by atoms with van der Waals surface area (Å²) in [5, 5.41) is 2.86. The molecule has 1 fully saturated rings. The zero-order valence-corrected chi connectivity index (χ0v) is 12.0. The minimum Gasteiger partial charge on any atom is -0.465 e. The van der Waals surface area contributed by atoms with E-state index in [0.29, 0.717) is 13.1 Å². The number of halogens is 1. The average Bonchev–Trinajstić information content (AvgIpc) is 3.02. The summed E-state index contributed by atoms with van der Waals surface area (Å²) in [6, 6.07) is 9.40. The van der Waals surface area contributed by atoms with Gasteiger partial charge in [-0.15, -0.1) is 0 Å². The van der Waals surface area contributed by atoms with Gasteiger partial charge in [0.1, 0.15) is 17.6 Å². The molecule has 1 saturated heterocycles. The van der Waals surface area contributed by atoms with Crippen LogP contribution in [0.15, 0.2) is 53.2 Å². The Hall–Kier alpha value is -2.40. The SMILES string of the molecule is O=C1NCCN(C/C=C/c2ccco2)C1c1ccc(F)cc1. The fourth-order valence-corrected chi connectivity index (χ4v) is 2.61. The van der Waals surface area contributed by atoms with Crippen molar-refractivity contribution >= 4 is 12.0 Å². The van der Waals surface area contributed by atoms with E-state index in [1.54, 1.807) is 18.4 Å². The summed E-state index contributed by atoms with van der Waals surface area (Å²) < 4.78 is 18.3. The highest BCUT2D eigenvalue weighted by Gasteiger charge is 2.30. The molecule has 4 nitrogen and oxygen atoms in total. The first kappa shape index (κ1) is 14.5. The Morgan fingerprint density at radius 2 is 2.14 bits per heavy atom. The van der Waals surface area contributed by atoms with Crippen molar-refractivity contribution < 1.29 is 13.6 Å². The second kappa shape index (κ2) is 6.58. The Kier molecular flexibility index (Phi) is 4.34. The van der Waals surface area contributed by atoms with Crippen LogP contribution in [0.25, 0.3) is 6.08 Å². The highest BCUT2D eigenvalue weighted by Crippen LogP contribution is 2.23. The van der Waals surface area contributed by atoms with Crippen LogP contribution in [0.2, 0.25) is 0 Å². The summed E-state index contributed by atoms with van der Waals surface area (Å²) in [5.74, 6) is 0.424. The summed E-state index contributed by atoms with van der Waals surface area (Å²) in [5.41, 5.74) is 0.796. The summed E-state index contributed by atoms with van der Waals surface area (Å²) in [4.78, 5) is 14.3. The van der Waals surface area contributed by atoms with Crippen LogP contribution in [0.5, 0.6) is 0 Å². The van der Waals surface area contributed by atoms with E-state index >= 15 is 0 Å².